The minimum atomic E-state index is -0.0653. The van der Waals surface area contributed by atoms with E-state index in [0.717, 1.165) is 50.0 Å². The summed E-state index contributed by atoms with van der Waals surface area (Å²) in [5.41, 5.74) is 2.04. The van der Waals surface area contributed by atoms with Crippen molar-refractivity contribution in [3.8, 4) is 5.75 Å². The second-order valence-corrected chi connectivity index (χ2v) is 7.84. The van der Waals surface area contributed by atoms with Crippen LogP contribution in [0.1, 0.15) is 42.9 Å². The van der Waals surface area contributed by atoms with Crippen LogP contribution in [0.5, 0.6) is 5.75 Å². The molecule has 0 unspecified atom stereocenters. The Morgan fingerprint density at radius 1 is 1.22 bits per heavy atom. The number of rotatable bonds is 4. The zero-order chi connectivity index (χ0) is 18.8. The highest BCUT2D eigenvalue weighted by atomic mass is 16.5. The van der Waals surface area contributed by atoms with Crippen LogP contribution in [0.15, 0.2) is 35.1 Å². The van der Waals surface area contributed by atoms with E-state index in [0.29, 0.717) is 5.92 Å². The number of benzene rings is 1. The average Bonchev–Trinajstić information content (AvgIpc) is 3.17. The number of piperidine rings is 1. The van der Waals surface area contributed by atoms with E-state index in [2.05, 4.69) is 34.3 Å². The Balaban J connectivity index is 1.64. The lowest BCUT2D eigenvalue weighted by molar-refractivity contribution is 0.413. The van der Waals surface area contributed by atoms with Gasteiger partial charge in [-0.15, -0.1) is 0 Å². The van der Waals surface area contributed by atoms with Gasteiger partial charge in [0.1, 0.15) is 5.75 Å². The van der Waals surface area contributed by atoms with E-state index >= 15 is 0 Å². The van der Waals surface area contributed by atoms with Crippen LogP contribution in [-0.2, 0) is 0 Å². The highest BCUT2D eigenvalue weighted by Gasteiger charge is 2.32. The number of ether oxygens (including phenoxy) is 1. The van der Waals surface area contributed by atoms with Gasteiger partial charge in [-0.3, -0.25) is 9.78 Å². The summed E-state index contributed by atoms with van der Waals surface area (Å²) in [6, 6.07) is 9.87. The second kappa shape index (κ2) is 7.72. The monoisotopic (exact) mass is 368 g/mol. The van der Waals surface area contributed by atoms with Gasteiger partial charge in [-0.05, 0) is 36.5 Å². The molecule has 4 rings (SSSR count). The van der Waals surface area contributed by atoms with Gasteiger partial charge in [0.25, 0.3) is 5.56 Å². The number of aromatic amines is 1. The van der Waals surface area contributed by atoms with Gasteiger partial charge in [0.05, 0.1) is 12.8 Å². The van der Waals surface area contributed by atoms with Crippen LogP contribution in [0.25, 0.3) is 0 Å². The van der Waals surface area contributed by atoms with Crippen LogP contribution in [0.2, 0.25) is 0 Å². The zero-order valence-corrected chi connectivity index (χ0v) is 16.1. The van der Waals surface area contributed by atoms with Crippen molar-refractivity contribution in [1.29, 1.82) is 0 Å². The fraction of sp³-hybridized carbons (Fsp3) is 0.524. The molecule has 3 atom stereocenters. The Bertz CT molecular complexity index is 850. The molecule has 0 radical (unpaired) electrons. The molecule has 2 fully saturated rings. The van der Waals surface area contributed by atoms with Gasteiger partial charge in [-0.25, -0.2) is 4.98 Å². The maximum absolute atomic E-state index is 12.4. The van der Waals surface area contributed by atoms with E-state index in [1.165, 1.54) is 12.0 Å². The van der Waals surface area contributed by atoms with Gasteiger partial charge in [-0.1, -0.05) is 19.1 Å². The van der Waals surface area contributed by atoms with Crippen molar-refractivity contribution in [1.82, 2.24) is 15.3 Å². The molecule has 2 aliphatic rings. The Kier molecular flexibility index (Phi) is 5.16. The third kappa shape index (κ3) is 3.86. The van der Waals surface area contributed by atoms with Crippen LogP contribution in [-0.4, -0.2) is 43.3 Å². The highest BCUT2D eigenvalue weighted by molar-refractivity contribution is 5.37. The second-order valence-electron chi connectivity index (χ2n) is 7.84. The van der Waals surface area contributed by atoms with Gasteiger partial charge in [0.15, 0.2) is 0 Å². The lowest BCUT2D eigenvalue weighted by Crippen LogP contribution is -2.36. The molecule has 6 nitrogen and oxygen atoms in total. The number of aromatic nitrogens is 2. The number of methoxy groups -OCH3 is 1. The highest BCUT2D eigenvalue weighted by Crippen LogP contribution is 2.36. The molecule has 3 heterocycles. The molecule has 2 aliphatic heterocycles. The summed E-state index contributed by atoms with van der Waals surface area (Å²) in [5, 5.41) is 3.48. The molecule has 1 aromatic carbocycles. The summed E-state index contributed by atoms with van der Waals surface area (Å²) in [4.78, 5) is 22.4. The molecule has 1 aromatic heterocycles. The minimum absolute atomic E-state index is 0.0653. The van der Waals surface area contributed by atoms with Crippen molar-refractivity contribution < 1.29 is 4.74 Å². The zero-order valence-electron chi connectivity index (χ0n) is 16.1. The molecule has 0 saturated carbocycles. The number of hydrogen-bond donors (Lipinski definition) is 2. The van der Waals surface area contributed by atoms with Crippen molar-refractivity contribution >= 4 is 5.95 Å². The standard InChI is InChI=1S/C21H28N4O2/c1-14-5-4-8-25(13-14)21-23-19(10-20(26)24-21)18-12-22-11-17(18)15-6-3-7-16(9-15)27-2/h3,6-7,9-10,14,17-18,22H,4-5,8,11-13H2,1-2H3,(H,23,24,26)/t14-,17-,18+/m0/s1. The van der Waals surface area contributed by atoms with Crippen molar-refractivity contribution in [3.63, 3.8) is 0 Å². The fourth-order valence-electron chi connectivity index (χ4n) is 4.40. The van der Waals surface area contributed by atoms with Crippen molar-refractivity contribution in [2.24, 2.45) is 5.92 Å². The van der Waals surface area contributed by atoms with Gasteiger partial charge < -0.3 is 15.0 Å². The maximum Gasteiger partial charge on any atom is 0.252 e. The van der Waals surface area contributed by atoms with Gasteiger partial charge in [-0.2, -0.15) is 0 Å². The Morgan fingerprint density at radius 3 is 2.89 bits per heavy atom. The van der Waals surface area contributed by atoms with Crippen LogP contribution in [0.4, 0.5) is 5.95 Å². The summed E-state index contributed by atoms with van der Waals surface area (Å²) < 4.78 is 5.39. The van der Waals surface area contributed by atoms with E-state index in [9.17, 15) is 4.79 Å². The topological polar surface area (TPSA) is 70.2 Å². The largest absolute Gasteiger partial charge is 0.497 e. The quantitative estimate of drug-likeness (QED) is 0.868. The fourth-order valence-corrected chi connectivity index (χ4v) is 4.40. The maximum atomic E-state index is 12.4. The van der Waals surface area contributed by atoms with Crippen molar-refractivity contribution in [2.45, 2.75) is 31.6 Å². The average molecular weight is 368 g/mol. The van der Waals surface area contributed by atoms with E-state index in [1.54, 1.807) is 13.2 Å². The number of anilines is 1. The summed E-state index contributed by atoms with van der Waals surface area (Å²) >= 11 is 0. The van der Waals surface area contributed by atoms with Gasteiger partial charge >= 0.3 is 0 Å². The molecule has 144 valence electrons. The summed E-state index contributed by atoms with van der Waals surface area (Å²) in [6.07, 6.45) is 2.39. The number of hydrogen-bond acceptors (Lipinski definition) is 5. The number of H-pyrrole nitrogens is 1. The predicted octanol–water partition coefficient (Wildman–Crippen LogP) is 2.49. The van der Waals surface area contributed by atoms with E-state index in [4.69, 9.17) is 9.72 Å². The Morgan fingerprint density at radius 2 is 2.07 bits per heavy atom. The van der Waals surface area contributed by atoms with E-state index < -0.39 is 0 Å². The number of nitrogens with one attached hydrogen (secondary N) is 2. The molecule has 2 N–H and O–H groups in total. The molecule has 0 amide bonds. The van der Waals surface area contributed by atoms with Crippen LogP contribution < -0.4 is 20.5 Å². The summed E-state index contributed by atoms with van der Waals surface area (Å²) in [6.45, 7) is 5.87. The molecule has 0 aliphatic carbocycles. The van der Waals surface area contributed by atoms with Crippen LogP contribution in [0, 0.1) is 5.92 Å². The first-order chi connectivity index (χ1) is 13.1. The van der Waals surface area contributed by atoms with Crippen LogP contribution in [0.3, 0.4) is 0 Å². The van der Waals surface area contributed by atoms with Gasteiger partial charge in [0, 0.05) is 44.1 Å². The Labute approximate surface area is 160 Å². The third-order valence-electron chi connectivity index (χ3n) is 5.82. The van der Waals surface area contributed by atoms with E-state index in [-0.39, 0.29) is 17.4 Å². The van der Waals surface area contributed by atoms with Crippen LogP contribution >= 0.6 is 0 Å². The SMILES string of the molecule is COc1cccc([C@@H]2CNC[C@H]2c2cc(=O)[nH]c(N3CCC[C@H](C)C3)n2)c1. The first-order valence-electron chi connectivity index (χ1n) is 9.85. The smallest absolute Gasteiger partial charge is 0.252 e. The normalized spacial score (nSPS) is 25.6. The molecular formula is C21H28N4O2. The molecule has 2 saturated heterocycles. The predicted molar refractivity (Wildman–Crippen MR) is 107 cm³/mol. The van der Waals surface area contributed by atoms with E-state index in [1.807, 2.05) is 12.1 Å². The molecule has 6 heteroatoms. The number of nitrogens with zero attached hydrogens (tertiary/aromatic N) is 2. The molecule has 0 spiro atoms. The van der Waals surface area contributed by atoms with Gasteiger partial charge in [0.2, 0.25) is 5.95 Å². The summed E-state index contributed by atoms with van der Waals surface area (Å²) in [7, 11) is 1.69. The molecular weight excluding hydrogens is 340 g/mol. The first-order valence-corrected chi connectivity index (χ1v) is 9.85. The van der Waals surface area contributed by atoms with Crippen molar-refractivity contribution in [2.75, 3.05) is 38.2 Å². The lowest BCUT2D eigenvalue weighted by Gasteiger charge is -2.31. The van der Waals surface area contributed by atoms with Crippen molar-refractivity contribution in [3.05, 3.63) is 51.9 Å². The molecule has 27 heavy (non-hydrogen) atoms. The Hall–Kier alpha value is -2.34. The lowest BCUT2D eigenvalue weighted by atomic mass is 9.86. The summed E-state index contributed by atoms with van der Waals surface area (Å²) in [5.74, 6) is 2.67. The molecule has 2 aromatic rings. The minimum Gasteiger partial charge on any atom is -0.497 e. The first kappa shape index (κ1) is 18.0. The third-order valence-corrected chi connectivity index (χ3v) is 5.82. The molecule has 0 bridgehead atoms.